The first-order valence-electron chi connectivity index (χ1n) is 12.7. The highest BCUT2D eigenvalue weighted by Crippen LogP contribution is 2.12. The highest BCUT2D eigenvalue weighted by molar-refractivity contribution is 5.97. The molecule has 2 aromatic carbocycles. The lowest BCUT2D eigenvalue weighted by Crippen LogP contribution is -2.41. The first kappa shape index (κ1) is 27.7. The summed E-state index contributed by atoms with van der Waals surface area (Å²) in [5, 5.41) is 8.49. The van der Waals surface area contributed by atoms with Crippen LogP contribution >= 0.6 is 0 Å². The van der Waals surface area contributed by atoms with E-state index in [2.05, 4.69) is 30.8 Å². The molecule has 0 saturated carbocycles. The van der Waals surface area contributed by atoms with Crippen molar-refractivity contribution in [2.75, 3.05) is 46.5 Å². The van der Waals surface area contributed by atoms with Crippen LogP contribution in [0.4, 0.5) is 0 Å². The molecule has 0 radical (unpaired) electrons. The molecule has 4 rings (SSSR count). The van der Waals surface area contributed by atoms with E-state index in [1.54, 1.807) is 25.3 Å². The topological polar surface area (TPSA) is 135 Å². The molecule has 3 N–H and O–H groups in total. The Morgan fingerprint density at radius 2 is 1.49 bits per heavy atom. The smallest absolute Gasteiger partial charge is 0.270 e. The Morgan fingerprint density at radius 3 is 2.15 bits per heavy atom. The van der Waals surface area contributed by atoms with Gasteiger partial charge in [-0.1, -0.05) is 24.3 Å². The van der Waals surface area contributed by atoms with Crippen molar-refractivity contribution in [3.8, 4) is 5.75 Å². The molecule has 2 heterocycles. The molecule has 0 atom stereocenters. The molecule has 0 aliphatic carbocycles. The molecule has 204 valence electrons. The van der Waals surface area contributed by atoms with E-state index in [0.717, 1.165) is 44.0 Å². The van der Waals surface area contributed by atoms with Gasteiger partial charge in [0.1, 0.15) is 23.5 Å². The van der Waals surface area contributed by atoms with Crippen LogP contribution in [0.25, 0.3) is 0 Å². The van der Waals surface area contributed by atoms with Crippen LogP contribution in [0.1, 0.15) is 42.5 Å². The van der Waals surface area contributed by atoms with Gasteiger partial charge in [-0.05, 0) is 35.4 Å². The monoisotopic (exact) mass is 532 g/mol. The Bertz CT molecular complexity index is 1290. The van der Waals surface area contributed by atoms with Crippen LogP contribution < -0.4 is 20.7 Å². The predicted molar refractivity (Wildman–Crippen MR) is 143 cm³/mol. The summed E-state index contributed by atoms with van der Waals surface area (Å²) in [5.41, 5.74) is 2.28. The lowest BCUT2D eigenvalue weighted by Gasteiger charge is -2.26. The number of morpholine rings is 1. The number of nitrogens with one attached hydrogen (secondary N) is 3. The summed E-state index contributed by atoms with van der Waals surface area (Å²) >= 11 is 0. The predicted octanol–water partition coefficient (Wildman–Crippen LogP) is 1.41. The standard InChI is InChI=1S/C28H32N6O5/c1-38-23-7-3-5-21(15-23)18-31-28(37)25-16-24(32-19-33-25)27(36)30-17-20-4-2-6-22(14-20)26(35)29-8-9-34-10-12-39-13-11-34/h2-7,14-16,19H,8-13,17-18H2,1H3,(H,29,35)(H,30,36)(H,31,37). The molecule has 11 nitrogen and oxygen atoms in total. The average Bonchev–Trinajstić information content (AvgIpc) is 2.99. The van der Waals surface area contributed by atoms with Crippen molar-refractivity contribution in [3.63, 3.8) is 0 Å². The van der Waals surface area contributed by atoms with E-state index in [1.807, 2.05) is 30.3 Å². The Labute approximate surface area is 226 Å². The Balaban J connectivity index is 1.27. The molecule has 1 aromatic heterocycles. The molecule has 1 saturated heterocycles. The van der Waals surface area contributed by atoms with Gasteiger partial charge in [-0.25, -0.2) is 9.97 Å². The van der Waals surface area contributed by atoms with E-state index in [0.29, 0.717) is 17.9 Å². The largest absolute Gasteiger partial charge is 0.497 e. The number of hydrogen-bond acceptors (Lipinski definition) is 8. The molecule has 3 amide bonds. The van der Waals surface area contributed by atoms with Gasteiger partial charge < -0.3 is 25.4 Å². The van der Waals surface area contributed by atoms with Crippen molar-refractivity contribution in [3.05, 3.63) is 89.0 Å². The maximum atomic E-state index is 12.7. The normalized spacial score (nSPS) is 13.4. The molecule has 1 aliphatic heterocycles. The SMILES string of the molecule is COc1cccc(CNC(=O)c2cc(C(=O)NCc3cccc(C(=O)NCCN4CCOCC4)c3)ncn2)c1. The van der Waals surface area contributed by atoms with Gasteiger partial charge in [0.25, 0.3) is 17.7 Å². The number of ether oxygens (including phenoxy) is 2. The molecular formula is C28H32N6O5. The van der Waals surface area contributed by atoms with Gasteiger partial charge in [-0.2, -0.15) is 0 Å². The average molecular weight is 533 g/mol. The molecule has 0 unspecified atom stereocenters. The van der Waals surface area contributed by atoms with Gasteiger partial charge in [0.2, 0.25) is 0 Å². The zero-order valence-electron chi connectivity index (χ0n) is 21.8. The Hall–Kier alpha value is -4.35. The fraction of sp³-hybridized carbons (Fsp3) is 0.321. The van der Waals surface area contributed by atoms with Crippen LogP contribution in [0.15, 0.2) is 60.9 Å². The van der Waals surface area contributed by atoms with Crippen LogP contribution in [0.5, 0.6) is 5.75 Å². The van der Waals surface area contributed by atoms with E-state index >= 15 is 0 Å². The van der Waals surface area contributed by atoms with Crippen molar-refractivity contribution in [1.29, 1.82) is 0 Å². The Morgan fingerprint density at radius 1 is 0.846 bits per heavy atom. The van der Waals surface area contributed by atoms with Gasteiger partial charge in [-0.3, -0.25) is 19.3 Å². The minimum atomic E-state index is -0.459. The highest BCUT2D eigenvalue weighted by Gasteiger charge is 2.14. The summed E-state index contributed by atoms with van der Waals surface area (Å²) in [6, 6.07) is 15.7. The summed E-state index contributed by atoms with van der Waals surface area (Å²) < 4.78 is 10.5. The molecule has 0 bridgehead atoms. The number of rotatable bonds is 11. The maximum Gasteiger partial charge on any atom is 0.270 e. The second kappa shape index (κ2) is 14.0. The van der Waals surface area contributed by atoms with Crippen molar-refractivity contribution in [2.45, 2.75) is 13.1 Å². The number of hydrogen-bond donors (Lipinski definition) is 3. The third kappa shape index (κ3) is 8.32. The summed E-state index contributed by atoms with van der Waals surface area (Å²) in [6.45, 7) is 4.95. The quantitative estimate of drug-likeness (QED) is 0.337. The first-order valence-corrected chi connectivity index (χ1v) is 12.7. The van der Waals surface area contributed by atoms with Crippen molar-refractivity contribution < 1.29 is 23.9 Å². The third-order valence-electron chi connectivity index (χ3n) is 6.18. The number of benzene rings is 2. The zero-order chi connectivity index (χ0) is 27.5. The van der Waals surface area contributed by atoms with Crippen molar-refractivity contribution in [2.24, 2.45) is 0 Å². The van der Waals surface area contributed by atoms with E-state index < -0.39 is 11.8 Å². The molecular weight excluding hydrogens is 500 g/mol. The second-order valence-corrected chi connectivity index (χ2v) is 8.92. The van der Waals surface area contributed by atoms with E-state index in [4.69, 9.17) is 9.47 Å². The number of aromatic nitrogens is 2. The molecule has 3 aromatic rings. The number of amides is 3. The maximum absolute atomic E-state index is 12.7. The molecule has 39 heavy (non-hydrogen) atoms. The molecule has 11 heteroatoms. The molecule has 1 fully saturated rings. The number of nitrogens with zero attached hydrogens (tertiary/aromatic N) is 3. The van der Waals surface area contributed by atoms with Crippen LogP contribution in [0, 0.1) is 0 Å². The van der Waals surface area contributed by atoms with Crippen LogP contribution in [0.2, 0.25) is 0 Å². The van der Waals surface area contributed by atoms with Crippen LogP contribution in [-0.2, 0) is 17.8 Å². The van der Waals surface area contributed by atoms with Crippen LogP contribution in [0.3, 0.4) is 0 Å². The van der Waals surface area contributed by atoms with Gasteiger partial charge in [0, 0.05) is 50.9 Å². The number of methoxy groups -OCH3 is 1. The van der Waals surface area contributed by atoms with Crippen molar-refractivity contribution in [1.82, 2.24) is 30.8 Å². The Kier molecular flexibility index (Phi) is 9.92. The van der Waals surface area contributed by atoms with Gasteiger partial charge >= 0.3 is 0 Å². The lowest BCUT2D eigenvalue weighted by molar-refractivity contribution is 0.0383. The summed E-state index contributed by atoms with van der Waals surface area (Å²) in [7, 11) is 1.58. The minimum absolute atomic E-state index is 0.0635. The lowest BCUT2D eigenvalue weighted by atomic mass is 10.1. The zero-order valence-corrected chi connectivity index (χ0v) is 21.8. The van der Waals surface area contributed by atoms with E-state index in [-0.39, 0.29) is 30.4 Å². The fourth-order valence-electron chi connectivity index (χ4n) is 4.01. The highest BCUT2D eigenvalue weighted by atomic mass is 16.5. The third-order valence-corrected chi connectivity index (χ3v) is 6.18. The fourth-order valence-corrected chi connectivity index (χ4v) is 4.01. The van der Waals surface area contributed by atoms with Crippen LogP contribution in [-0.4, -0.2) is 79.1 Å². The summed E-state index contributed by atoms with van der Waals surface area (Å²) in [4.78, 5) is 48.1. The summed E-state index contributed by atoms with van der Waals surface area (Å²) in [5.74, 6) is -0.365. The second-order valence-electron chi connectivity index (χ2n) is 8.92. The number of carbonyl (C=O) groups excluding carboxylic acids is 3. The number of carbonyl (C=O) groups is 3. The van der Waals surface area contributed by atoms with Gasteiger partial charge in [0.05, 0.1) is 20.3 Å². The van der Waals surface area contributed by atoms with Gasteiger partial charge in [-0.15, -0.1) is 0 Å². The molecule has 1 aliphatic rings. The van der Waals surface area contributed by atoms with Gasteiger partial charge in [0.15, 0.2) is 0 Å². The molecule has 0 spiro atoms. The van der Waals surface area contributed by atoms with E-state index in [1.165, 1.54) is 12.4 Å². The first-order chi connectivity index (χ1) is 19.0. The summed E-state index contributed by atoms with van der Waals surface area (Å²) in [6.07, 6.45) is 1.18. The van der Waals surface area contributed by atoms with E-state index in [9.17, 15) is 14.4 Å². The van der Waals surface area contributed by atoms with Crippen molar-refractivity contribution >= 4 is 17.7 Å². The minimum Gasteiger partial charge on any atom is -0.497 e.